The van der Waals surface area contributed by atoms with Crippen LogP contribution in [0.15, 0.2) is 81.2 Å². The fourth-order valence-corrected chi connectivity index (χ4v) is 7.10. The predicted molar refractivity (Wildman–Crippen MR) is 107 cm³/mol. The first kappa shape index (κ1) is 20.0. The molecule has 1 heterocycles. The third-order valence-electron chi connectivity index (χ3n) is 3.91. The van der Waals surface area contributed by atoms with Gasteiger partial charge < -0.3 is 0 Å². The highest BCUT2D eigenvalue weighted by Gasteiger charge is 2.31. The molecule has 0 saturated carbocycles. The lowest BCUT2D eigenvalue weighted by Gasteiger charge is -2.18. The highest BCUT2D eigenvalue weighted by Crippen LogP contribution is 2.31. The van der Waals surface area contributed by atoms with E-state index in [0.29, 0.717) is 5.56 Å². The number of nitrogens with one attached hydrogen (secondary N) is 1. The molecular formula is C18H16ClNO4S3. The average Bonchev–Trinajstić information content (AvgIpc) is 3.18. The molecule has 0 unspecified atom stereocenters. The van der Waals surface area contributed by atoms with Gasteiger partial charge >= 0.3 is 0 Å². The quantitative estimate of drug-likeness (QED) is 0.603. The zero-order valence-electron chi connectivity index (χ0n) is 13.9. The SMILES string of the molecule is O=S(=O)(NC[C@H](c1ccccc1)S(=O)(=O)c1cccs1)c1ccccc1Cl. The zero-order valence-corrected chi connectivity index (χ0v) is 17.2. The van der Waals surface area contributed by atoms with Crippen molar-refractivity contribution in [3.8, 4) is 0 Å². The Bertz CT molecular complexity index is 1110. The minimum atomic E-state index is -3.97. The maximum atomic E-state index is 13.1. The molecule has 1 aromatic heterocycles. The van der Waals surface area contributed by atoms with E-state index in [1.54, 1.807) is 53.9 Å². The molecule has 0 aliphatic carbocycles. The molecule has 0 aliphatic heterocycles. The summed E-state index contributed by atoms with van der Waals surface area (Å²) in [6.07, 6.45) is 0. The van der Waals surface area contributed by atoms with Crippen LogP contribution in [0.1, 0.15) is 10.8 Å². The van der Waals surface area contributed by atoms with Crippen LogP contribution in [0.3, 0.4) is 0 Å². The van der Waals surface area contributed by atoms with Crippen LogP contribution in [0.25, 0.3) is 0 Å². The van der Waals surface area contributed by atoms with Gasteiger partial charge in [0.2, 0.25) is 10.0 Å². The van der Waals surface area contributed by atoms with Gasteiger partial charge in [-0.2, -0.15) is 0 Å². The summed E-state index contributed by atoms with van der Waals surface area (Å²) in [6, 6.07) is 17.7. The number of rotatable bonds is 7. The lowest BCUT2D eigenvalue weighted by atomic mass is 10.1. The maximum Gasteiger partial charge on any atom is 0.242 e. The standard InChI is InChI=1S/C18H16ClNO4S3/c19-15-9-4-5-10-16(15)27(23,24)20-13-17(14-7-2-1-3-8-14)26(21,22)18-11-6-12-25-18/h1-12,17,20H,13H2/t17-/m1/s1. The summed E-state index contributed by atoms with van der Waals surface area (Å²) in [5.74, 6) is 0. The van der Waals surface area contributed by atoms with Crippen molar-refractivity contribution < 1.29 is 16.8 Å². The summed E-state index contributed by atoms with van der Waals surface area (Å²) in [5.41, 5.74) is 0.507. The van der Waals surface area contributed by atoms with Crippen molar-refractivity contribution in [2.45, 2.75) is 14.4 Å². The minimum Gasteiger partial charge on any atom is -0.222 e. The Kier molecular flexibility index (Phi) is 6.02. The van der Waals surface area contributed by atoms with Crippen LogP contribution in [-0.2, 0) is 19.9 Å². The molecule has 2 aromatic carbocycles. The second-order valence-electron chi connectivity index (χ2n) is 5.66. The van der Waals surface area contributed by atoms with E-state index < -0.39 is 25.1 Å². The van der Waals surface area contributed by atoms with Crippen LogP contribution in [0.5, 0.6) is 0 Å². The van der Waals surface area contributed by atoms with Crippen LogP contribution < -0.4 is 4.72 Å². The van der Waals surface area contributed by atoms with E-state index in [1.807, 2.05) is 0 Å². The van der Waals surface area contributed by atoms with Crippen molar-refractivity contribution in [2.24, 2.45) is 0 Å². The van der Waals surface area contributed by atoms with Gasteiger partial charge in [-0.15, -0.1) is 11.3 Å². The van der Waals surface area contributed by atoms with Crippen molar-refractivity contribution in [1.82, 2.24) is 4.72 Å². The number of benzene rings is 2. The minimum absolute atomic E-state index is 0.0716. The molecule has 3 rings (SSSR count). The first-order chi connectivity index (χ1) is 12.8. The Morgan fingerprint density at radius 2 is 1.56 bits per heavy atom. The van der Waals surface area contributed by atoms with Gasteiger partial charge in [-0.05, 0) is 29.1 Å². The van der Waals surface area contributed by atoms with E-state index in [2.05, 4.69) is 4.72 Å². The van der Waals surface area contributed by atoms with E-state index in [4.69, 9.17) is 11.6 Å². The van der Waals surface area contributed by atoms with Gasteiger partial charge in [0.05, 0.1) is 5.02 Å². The first-order valence-corrected chi connectivity index (χ1v) is 12.2. The second kappa shape index (κ2) is 8.12. The van der Waals surface area contributed by atoms with E-state index in [-0.39, 0.29) is 20.7 Å². The molecule has 5 nitrogen and oxygen atoms in total. The molecule has 1 N–H and O–H groups in total. The van der Waals surface area contributed by atoms with Gasteiger partial charge in [0, 0.05) is 6.54 Å². The molecule has 0 fully saturated rings. The van der Waals surface area contributed by atoms with Gasteiger partial charge in [-0.3, -0.25) is 0 Å². The molecule has 0 aliphatic rings. The Morgan fingerprint density at radius 1 is 0.889 bits per heavy atom. The first-order valence-electron chi connectivity index (χ1n) is 7.89. The number of sulfonamides is 1. The average molecular weight is 442 g/mol. The molecule has 0 saturated heterocycles. The van der Waals surface area contributed by atoms with Gasteiger partial charge in [0.1, 0.15) is 14.4 Å². The fraction of sp³-hybridized carbons (Fsp3) is 0.111. The fourth-order valence-electron chi connectivity index (χ4n) is 2.57. The highest BCUT2D eigenvalue weighted by molar-refractivity contribution is 7.93. The van der Waals surface area contributed by atoms with Gasteiger partial charge in [0.15, 0.2) is 9.84 Å². The molecule has 27 heavy (non-hydrogen) atoms. The van der Waals surface area contributed by atoms with Crippen molar-refractivity contribution in [3.05, 3.63) is 82.7 Å². The maximum absolute atomic E-state index is 13.1. The van der Waals surface area contributed by atoms with Crippen molar-refractivity contribution in [3.63, 3.8) is 0 Å². The highest BCUT2D eigenvalue weighted by atomic mass is 35.5. The van der Waals surface area contributed by atoms with E-state index in [9.17, 15) is 16.8 Å². The third kappa shape index (κ3) is 4.41. The molecule has 3 aromatic rings. The molecule has 142 valence electrons. The number of thiophene rings is 1. The van der Waals surface area contributed by atoms with Crippen LogP contribution in [-0.4, -0.2) is 23.4 Å². The second-order valence-corrected chi connectivity index (χ2v) is 11.1. The van der Waals surface area contributed by atoms with Gasteiger partial charge in [0.25, 0.3) is 0 Å². The van der Waals surface area contributed by atoms with Gasteiger partial charge in [-0.1, -0.05) is 60.1 Å². The van der Waals surface area contributed by atoms with Gasteiger partial charge in [-0.25, -0.2) is 21.6 Å². The Morgan fingerprint density at radius 3 is 2.19 bits per heavy atom. The zero-order chi connectivity index (χ0) is 19.5. The topological polar surface area (TPSA) is 80.3 Å². The van der Waals surface area contributed by atoms with Crippen molar-refractivity contribution in [1.29, 1.82) is 0 Å². The Labute approximate surface area is 167 Å². The molecule has 0 spiro atoms. The lowest BCUT2D eigenvalue weighted by molar-refractivity contribution is 0.570. The molecule has 1 atom stereocenters. The van der Waals surface area contributed by atoms with Crippen LogP contribution in [0.2, 0.25) is 5.02 Å². The van der Waals surface area contributed by atoms with Crippen molar-refractivity contribution in [2.75, 3.05) is 6.54 Å². The number of sulfone groups is 1. The number of halogens is 1. The molecule has 0 radical (unpaired) electrons. The predicted octanol–water partition coefficient (Wildman–Crippen LogP) is 3.90. The summed E-state index contributed by atoms with van der Waals surface area (Å²) >= 11 is 7.08. The van der Waals surface area contributed by atoms with Crippen LogP contribution in [0.4, 0.5) is 0 Å². The summed E-state index contributed by atoms with van der Waals surface area (Å²) in [5, 5.41) is 0.681. The number of hydrogen-bond acceptors (Lipinski definition) is 5. The van der Waals surface area contributed by atoms with Crippen LogP contribution >= 0.6 is 22.9 Å². The summed E-state index contributed by atoms with van der Waals surface area (Å²) in [7, 11) is -7.73. The summed E-state index contributed by atoms with van der Waals surface area (Å²) in [4.78, 5) is -0.0907. The largest absolute Gasteiger partial charge is 0.242 e. The van der Waals surface area contributed by atoms with E-state index in [1.165, 1.54) is 18.2 Å². The number of hydrogen-bond donors (Lipinski definition) is 1. The third-order valence-corrected chi connectivity index (χ3v) is 9.36. The molecule has 0 amide bonds. The summed E-state index contributed by atoms with van der Waals surface area (Å²) < 4.78 is 53.9. The monoisotopic (exact) mass is 441 g/mol. The molecule has 0 bridgehead atoms. The normalized spacial score (nSPS) is 13.4. The smallest absolute Gasteiger partial charge is 0.222 e. The molecular weight excluding hydrogens is 426 g/mol. The Hall–Kier alpha value is -1.71. The summed E-state index contributed by atoms with van der Waals surface area (Å²) in [6.45, 7) is -0.308. The van der Waals surface area contributed by atoms with E-state index in [0.717, 1.165) is 11.3 Å². The van der Waals surface area contributed by atoms with E-state index >= 15 is 0 Å². The lowest BCUT2D eigenvalue weighted by Crippen LogP contribution is -2.32. The molecule has 9 heteroatoms. The van der Waals surface area contributed by atoms with Crippen molar-refractivity contribution >= 4 is 42.8 Å². The Balaban J connectivity index is 1.95. The van der Waals surface area contributed by atoms with Crippen LogP contribution in [0, 0.1) is 0 Å².